The molecule has 0 radical (unpaired) electrons. The molecule has 5 nitrogen and oxygen atoms in total. The van der Waals surface area contributed by atoms with Crippen molar-refractivity contribution in [1.82, 2.24) is 5.32 Å². The Hall–Kier alpha value is -1.91. The summed E-state index contributed by atoms with van der Waals surface area (Å²) >= 11 is 0. The average molecular weight is 183 g/mol. The molecule has 0 saturated heterocycles. The van der Waals surface area contributed by atoms with Gasteiger partial charge in [-0.3, -0.25) is 4.79 Å². The second-order valence-electron chi connectivity index (χ2n) is 2.29. The van der Waals surface area contributed by atoms with Gasteiger partial charge in [0, 0.05) is 7.05 Å². The first-order valence-corrected chi connectivity index (χ1v) is 3.53. The molecule has 1 aromatic heterocycles. The van der Waals surface area contributed by atoms with Crippen LogP contribution in [0.2, 0.25) is 0 Å². The second-order valence-corrected chi connectivity index (χ2v) is 2.29. The van der Waals surface area contributed by atoms with E-state index in [4.69, 9.17) is 5.11 Å². The summed E-state index contributed by atoms with van der Waals surface area (Å²) in [7, 11) is 1.35. The van der Waals surface area contributed by atoms with Crippen LogP contribution < -0.4 is 5.32 Å². The number of aliphatic hydroxyl groups is 2. The number of hydrogen-bond donors (Lipinski definition) is 3. The fraction of sp³-hybridized carbons (Fsp3) is 0.125. The Labute approximate surface area is 74.3 Å². The number of carbonyl (C=O) groups is 1. The van der Waals surface area contributed by atoms with Crippen LogP contribution in [0.3, 0.4) is 0 Å². The van der Waals surface area contributed by atoms with Gasteiger partial charge in [0.1, 0.15) is 6.26 Å². The third-order valence-electron chi connectivity index (χ3n) is 1.46. The van der Waals surface area contributed by atoms with Gasteiger partial charge in [0.05, 0.1) is 11.8 Å². The van der Waals surface area contributed by atoms with Crippen LogP contribution in [-0.2, 0) is 4.79 Å². The zero-order valence-electron chi connectivity index (χ0n) is 6.94. The van der Waals surface area contributed by atoms with Crippen LogP contribution >= 0.6 is 0 Å². The summed E-state index contributed by atoms with van der Waals surface area (Å²) in [6.45, 7) is 0. The maximum Gasteiger partial charge on any atom is 0.289 e. The van der Waals surface area contributed by atoms with Crippen LogP contribution in [0.4, 0.5) is 0 Å². The summed E-state index contributed by atoms with van der Waals surface area (Å²) in [5, 5.41) is 20.6. The molecule has 1 aromatic rings. The summed E-state index contributed by atoms with van der Waals surface area (Å²) in [6, 6.07) is 1.43. The van der Waals surface area contributed by atoms with Crippen molar-refractivity contribution in [3.8, 4) is 0 Å². The SMILES string of the molecule is CNC(=O)C(O)=C(O)c1ccoc1. The van der Waals surface area contributed by atoms with Crippen LogP contribution in [0.5, 0.6) is 0 Å². The van der Waals surface area contributed by atoms with Crippen molar-refractivity contribution in [1.29, 1.82) is 0 Å². The molecule has 0 aliphatic carbocycles. The molecule has 0 saturated carbocycles. The van der Waals surface area contributed by atoms with E-state index in [1.165, 1.54) is 25.6 Å². The Kier molecular flexibility index (Phi) is 2.59. The van der Waals surface area contributed by atoms with Gasteiger partial charge in [-0.2, -0.15) is 0 Å². The third-order valence-corrected chi connectivity index (χ3v) is 1.46. The molecular weight excluding hydrogens is 174 g/mol. The van der Waals surface area contributed by atoms with E-state index in [-0.39, 0.29) is 5.56 Å². The lowest BCUT2D eigenvalue weighted by molar-refractivity contribution is -0.119. The molecule has 0 spiro atoms. The molecule has 3 N–H and O–H groups in total. The molecular formula is C8H9NO4. The Morgan fingerprint density at radius 2 is 2.23 bits per heavy atom. The number of likely N-dealkylation sites (N-methyl/N-ethyl adjacent to an activating group) is 1. The zero-order valence-corrected chi connectivity index (χ0v) is 6.94. The molecule has 5 heteroatoms. The number of rotatable bonds is 2. The molecule has 13 heavy (non-hydrogen) atoms. The van der Waals surface area contributed by atoms with Crippen molar-refractivity contribution in [3.05, 3.63) is 29.9 Å². The van der Waals surface area contributed by atoms with E-state index in [0.29, 0.717) is 0 Å². The van der Waals surface area contributed by atoms with Crippen LogP contribution in [-0.4, -0.2) is 23.2 Å². The van der Waals surface area contributed by atoms with Crippen molar-refractivity contribution < 1.29 is 19.4 Å². The van der Waals surface area contributed by atoms with Crippen molar-refractivity contribution >= 4 is 11.7 Å². The molecule has 0 aromatic carbocycles. The van der Waals surface area contributed by atoms with Crippen LogP contribution in [0.15, 0.2) is 28.8 Å². The summed E-state index contributed by atoms with van der Waals surface area (Å²) in [5.74, 6) is -1.99. The number of aliphatic hydroxyl groups excluding tert-OH is 2. The Morgan fingerprint density at radius 3 is 2.69 bits per heavy atom. The minimum atomic E-state index is -0.751. The van der Waals surface area contributed by atoms with Gasteiger partial charge in [-0.05, 0) is 6.07 Å². The molecule has 0 atom stereocenters. The number of hydrogen-bond acceptors (Lipinski definition) is 4. The zero-order chi connectivity index (χ0) is 9.84. The van der Waals surface area contributed by atoms with Gasteiger partial charge in [0.25, 0.3) is 5.91 Å². The van der Waals surface area contributed by atoms with Crippen molar-refractivity contribution in [3.63, 3.8) is 0 Å². The highest BCUT2D eigenvalue weighted by Gasteiger charge is 2.14. The summed E-state index contributed by atoms with van der Waals surface area (Å²) in [6.07, 6.45) is 2.54. The molecule has 0 aliphatic rings. The van der Waals surface area contributed by atoms with E-state index in [0.717, 1.165) is 0 Å². The topological polar surface area (TPSA) is 82.7 Å². The molecule has 1 heterocycles. The predicted molar refractivity (Wildman–Crippen MR) is 45.0 cm³/mol. The quantitative estimate of drug-likeness (QED) is 0.468. The lowest BCUT2D eigenvalue weighted by Gasteiger charge is -2.00. The molecule has 0 unspecified atom stereocenters. The fourth-order valence-corrected chi connectivity index (χ4v) is 0.762. The van der Waals surface area contributed by atoms with Crippen LogP contribution in [0.25, 0.3) is 5.76 Å². The summed E-state index contributed by atoms with van der Waals surface area (Å²) in [4.78, 5) is 10.8. The molecule has 1 rings (SSSR count). The van der Waals surface area contributed by atoms with E-state index >= 15 is 0 Å². The Balaban J connectivity index is 2.99. The number of carbonyl (C=O) groups excluding carboxylic acids is 1. The van der Waals surface area contributed by atoms with Gasteiger partial charge in [-0.1, -0.05) is 0 Å². The van der Waals surface area contributed by atoms with E-state index in [2.05, 4.69) is 9.73 Å². The standard InChI is InChI=1S/C8H9NO4/c1-9-8(12)7(11)6(10)5-2-3-13-4-5/h2-4,10-11H,1H3,(H,9,12). The highest BCUT2D eigenvalue weighted by Crippen LogP contribution is 2.14. The van der Waals surface area contributed by atoms with Crippen LogP contribution in [0, 0.1) is 0 Å². The van der Waals surface area contributed by atoms with Crippen LogP contribution in [0.1, 0.15) is 5.56 Å². The molecule has 1 amide bonds. The minimum Gasteiger partial charge on any atom is -0.504 e. The van der Waals surface area contributed by atoms with Gasteiger partial charge in [-0.15, -0.1) is 0 Å². The first-order chi connectivity index (χ1) is 6.16. The van der Waals surface area contributed by atoms with Gasteiger partial charge in [-0.25, -0.2) is 0 Å². The predicted octanol–water partition coefficient (Wildman–Crippen LogP) is 0.810. The normalized spacial score (nSPS) is 12.1. The Morgan fingerprint density at radius 1 is 1.54 bits per heavy atom. The second kappa shape index (κ2) is 3.66. The van der Waals surface area contributed by atoms with E-state index in [1.807, 2.05) is 0 Å². The summed E-state index contributed by atoms with van der Waals surface area (Å²) < 4.78 is 4.66. The smallest absolute Gasteiger partial charge is 0.289 e. The number of amides is 1. The van der Waals surface area contributed by atoms with Crippen molar-refractivity contribution in [2.24, 2.45) is 0 Å². The number of furan rings is 1. The van der Waals surface area contributed by atoms with E-state index in [1.54, 1.807) is 0 Å². The fourth-order valence-electron chi connectivity index (χ4n) is 0.762. The average Bonchev–Trinajstić information content (AvgIpc) is 2.67. The first kappa shape index (κ1) is 9.18. The highest BCUT2D eigenvalue weighted by atomic mass is 16.3. The molecule has 0 fully saturated rings. The summed E-state index contributed by atoms with van der Waals surface area (Å²) in [5.41, 5.74) is 0.251. The molecule has 0 aliphatic heterocycles. The minimum absolute atomic E-state index is 0.251. The first-order valence-electron chi connectivity index (χ1n) is 3.53. The Bertz CT molecular complexity index is 326. The molecule has 70 valence electrons. The third kappa shape index (κ3) is 1.81. The van der Waals surface area contributed by atoms with Gasteiger partial charge in [0.15, 0.2) is 5.76 Å². The van der Waals surface area contributed by atoms with Gasteiger partial charge < -0.3 is 19.9 Å². The van der Waals surface area contributed by atoms with E-state index in [9.17, 15) is 9.90 Å². The highest BCUT2D eigenvalue weighted by molar-refractivity contribution is 5.96. The van der Waals surface area contributed by atoms with Gasteiger partial charge >= 0.3 is 0 Å². The van der Waals surface area contributed by atoms with Crippen molar-refractivity contribution in [2.75, 3.05) is 7.05 Å². The van der Waals surface area contributed by atoms with E-state index < -0.39 is 17.4 Å². The maximum atomic E-state index is 10.8. The molecule has 0 bridgehead atoms. The largest absolute Gasteiger partial charge is 0.504 e. The lowest BCUT2D eigenvalue weighted by atomic mass is 10.2. The maximum absolute atomic E-state index is 10.8. The lowest BCUT2D eigenvalue weighted by Crippen LogP contribution is -2.20. The van der Waals surface area contributed by atoms with Crippen molar-refractivity contribution in [2.45, 2.75) is 0 Å². The van der Waals surface area contributed by atoms with Gasteiger partial charge in [0.2, 0.25) is 5.76 Å². The monoisotopic (exact) mass is 183 g/mol. The number of nitrogens with one attached hydrogen (secondary N) is 1.